The predicted octanol–water partition coefficient (Wildman–Crippen LogP) is 1.41. The number of hydrogen-bond donors (Lipinski definition) is 1. The van der Waals surface area contributed by atoms with Gasteiger partial charge in [-0.15, -0.1) is 11.3 Å². The van der Waals surface area contributed by atoms with E-state index in [9.17, 15) is 9.59 Å². The van der Waals surface area contributed by atoms with Crippen LogP contribution in [0.2, 0.25) is 0 Å². The van der Waals surface area contributed by atoms with Gasteiger partial charge in [0.05, 0.1) is 10.8 Å². The van der Waals surface area contributed by atoms with Crippen molar-refractivity contribution in [2.45, 2.75) is 19.8 Å². The van der Waals surface area contributed by atoms with Crippen molar-refractivity contribution in [3.05, 3.63) is 22.4 Å². The molecule has 1 unspecified atom stereocenters. The summed E-state index contributed by atoms with van der Waals surface area (Å²) in [5, 5.41) is 1.91. The molecule has 2 N–H and O–H groups in total. The van der Waals surface area contributed by atoms with E-state index in [4.69, 9.17) is 5.73 Å². The molecule has 1 aromatic heterocycles. The molecule has 1 aliphatic heterocycles. The van der Waals surface area contributed by atoms with Crippen LogP contribution in [0.25, 0.3) is 0 Å². The first-order valence-electron chi connectivity index (χ1n) is 7.49. The first-order valence-corrected chi connectivity index (χ1v) is 8.37. The van der Waals surface area contributed by atoms with Crippen LogP contribution in [0.15, 0.2) is 17.5 Å². The summed E-state index contributed by atoms with van der Waals surface area (Å²) in [6.07, 6.45) is 1.80. The monoisotopic (exact) mass is 309 g/mol. The van der Waals surface area contributed by atoms with Crippen LogP contribution >= 0.6 is 11.3 Å². The predicted molar refractivity (Wildman–Crippen MR) is 84.3 cm³/mol. The summed E-state index contributed by atoms with van der Waals surface area (Å²) in [7, 11) is 0. The smallest absolute Gasteiger partial charge is 0.264 e. The lowest BCUT2D eigenvalue weighted by molar-refractivity contribution is -0.136. The second kappa shape index (κ2) is 7.56. The van der Waals surface area contributed by atoms with E-state index in [1.807, 2.05) is 27.3 Å². The zero-order valence-corrected chi connectivity index (χ0v) is 13.3. The summed E-state index contributed by atoms with van der Waals surface area (Å²) >= 11 is 1.46. The molecule has 116 valence electrons. The minimum absolute atomic E-state index is 0.0704. The summed E-state index contributed by atoms with van der Waals surface area (Å²) in [6.45, 7) is 4.89. The van der Waals surface area contributed by atoms with Crippen molar-refractivity contribution in [1.29, 1.82) is 0 Å². The Morgan fingerprint density at radius 3 is 2.48 bits per heavy atom. The summed E-state index contributed by atoms with van der Waals surface area (Å²) in [4.78, 5) is 29.1. The van der Waals surface area contributed by atoms with Crippen LogP contribution in [0.5, 0.6) is 0 Å². The van der Waals surface area contributed by atoms with Crippen LogP contribution in [0.3, 0.4) is 0 Å². The lowest BCUT2D eigenvalue weighted by Crippen LogP contribution is -2.52. The topological polar surface area (TPSA) is 66.6 Å². The Kier molecular flexibility index (Phi) is 5.76. The minimum atomic E-state index is -0.0745. The number of carbonyl (C=O) groups is 2. The maximum atomic E-state index is 12.4. The van der Waals surface area contributed by atoms with E-state index in [2.05, 4.69) is 6.92 Å². The van der Waals surface area contributed by atoms with Crippen molar-refractivity contribution in [3.8, 4) is 0 Å². The lowest BCUT2D eigenvalue weighted by Gasteiger charge is -2.36. The molecule has 1 atom stereocenters. The Morgan fingerprint density at radius 1 is 1.29 bits per heavy atom. The highest BCUT2D eigenvalue weighted by Crippen LogP contribution is 2.16. The first kappa shape index (κ1) is 16.0. The Bertz CT molecular complexity index is 467. The fourth-order valence-electron chi connectivity index (χ4n) is 2.63. The second-order valence-corrected chi connectivity index (χ2v) is 6.26. The fraction of sp³-hybridized carbons (Fsp3) is 0.600. The van der Waals surface area contributed by atoms with Gasteiger partial charge in [0.15, 0.2) is 0 Å². The van der Waals surface area contributed by atoms with Crippen LogP contribution in [-0.4, -0.2) is 54.3 Å². The highest BCUT2D eigenvalue weighted by atomic mass is 32.1. The molecular formula is C15H23N3O2S. The average Bonchev–Trinajstić information content (AvgIpc) is 3.06. The van der Waals surface area contributed by atoms with E-state index >= 15 is 0 Å². The van der Waals surface area contributed by atoms with Gasteiger partial charge in [-0.25, -0.2) is 0 Å². The zero-order chi connectivity index (χ0) is 15.2. The van der Waals surface area contributed by atoms with Gasteiger partial charge in [0, 0.05) is 32.7 Å². The molecule has 0 radical (unpaired) electrons. The van der Waals surface area contributed by atoms with E-state index in [-0.39, 0.29) is 17.7 Å². The van der Waals surface area contributed by atoms with Crippen molar-refractivity contribution in [1.82, 2.24) is 9.80 Å². The number of hydrogen-bond acceptors (Lipinski definition) is 4. The molecule has 0 aliphatic carbocycles. The van der Waals surface area contributed by atoms with E-state index < -0.39 is 0 Å². The number of amides is 2. The molecule has 21 heavy (non-hydrogen) atoms. The Morgan fingerprint density at radius 2 is 1.95 bits per heavy atom. The molecule has 1 aromatic rings. The van der Waals surface area contributed by atoms with Gasteiger partial charge in [-0.2, -0.15) is 0 Å². The normalized spacial score (nSPS) is 16.9. The SMILES string of the molecule is CCCC(CN)C(=O)N1CCN(C(=O)c2cccs2)CC1. The number of nitrogens with zero attached hydrogens (tertiary/aromatic N) is 2. The van der Waals surface area contributed by atoms with Crippen LogP contribution in [0.1, 0.15) is 29.4 Å². The highest BCUT2D eigenvalue weighted by molar-refractivity contribution is 7.12. The molecule has 0 saturated carbocycles. The van der Waals surface area contributed by atoms with Gasteiger partial charge >= 0.3 is 0 Å². The molecule has 2 amide bonds. The van der Waals surface area contributed by atoms with Gasteiger partial charge in [-0.3, -0.25) is 9.59 Å². The van der Waals surface area contributed by atoms with Crippen molar-refractivity contribution in [2.75, 3.05) is 32.7 Å². The van der Waals surface area contributed by atoms with Crippen molar-refractivity contribution < 1.29 is 9.59 Å². The zero-order valence-electron chi connectivity index (χ0n) is 12.5. The number of carbonyl (C=O) groups excluding carboxylic acids is 2. The average molecular weight is 309 g/mol. The molecule has 6 heteroatoms. The van der Waals surface area contributed by atoms with E-state index in [1.54, 1.807) is 0 Å². The second-order valence-electron chi connectivity index (χ2n) is 5.32. The van der Waals surface area contributed by atoms with Gasteiger partial charge in [0.2, 0.25) is 5.91 Å². The molecule has 1 aliphatic rings. The number of piperazine rings is 1. The fourth-order valence-corrected chi connectivity index (χ4v) is 3.33. The van der Waals surface area contributed by atoms with Crippen LogP contribution in [0, 0.1) is 5.92 Å². The molecule has 5 nitrogen and oxygen atoms in total. The molecular weight excluding hydrogens is 286 g/mol. The van der Waals surface area contributed by atoms with Crippen molar-refractivity contribution in [3.63, 3.8) is 0 Å². The Hall–Kier alpha value is -1.40. The molecule has 2 heterocycles. The minimum Gasteiger partial charge on any atom is -0.339 e. The third-order valence-electron chi connectivity index (χ3n) is 3.88. The summed E-state index contributed by atoms with van der Waals surface area (Å²) < 4.78 is 0. The van der Waals surface area contributed by atoms with Crippen LogP contribution in [-0.2, 0) is 4.79 Å². The third kappa shape index (κ3) is 3.83. The summed E-state index contributed by atoms with van der Waals surface area (Å²) in [5.74, 6) is 0.137. The number of rotatable bonds is 5. The lowest BCUT2D eigenvalue weighted by atomic mass is 10.0. The van der Waals surface area contributed by atoms with E-state index in [0.29, 0.717) is 32.7 Å². The molecule has 0 aromatic carbocycles. The summed E-state index contributed by atoms with van der Waals surface area (Å²) in [5.41, 5.74) is 5.70. The molecule has 2 rings (SSSR count). The molecule has 1 fully saturated rings. The number of nitrogens with two attached hydrogens (primary N) is 1. The van der Waals surface area contributed by atoms with E-state index in [0.717, 1.165) is 17.7 Å². The molecule has 0 bridgehead atoms. The van der Waals surface area contributed by atoms with Crippen LogP contribution < -0.4 is 5.73 Å². The van der Waals surface area contributed by atoms with Gasteiger partial charge < -0.3 is 15.5 Å². The van der Waals surface area contributed by atoms with Crippen LogP contribution in [0.4, 0.5) is 0 Å². The van der Waals surface area contributed by atoms with Gasteiger partial charge in [-0.1, -0.05) is 19.4 Å². The van der Waals surface area contributed by atoms with Crippen molar-refractivity contribution in [2.24, 2.45) is 11.7 Å². The Balaban J connectivity index is 1.88. The van der Waals surface area contributed by atoms with Crippen molar-refractivity contribution >= 4 is 23.2 Å². The Labute approximate surface area is 129 Å². The standard InChI is InChI=1S/C15H23N3O2S/c1-2-4-12(11-16)14(19)17-6-8-18(9-7-17)15(20)13-5-3-10-21-13/h3,5,10,12H,2,4,6-9,11,16H2,1H3. The number of thiophene rings is 1. The third-order valence-corrected chi connectivity index (χ3v) is 4.74. The first-order chi connectivity index (χ1) is 10.2. The molecule has 0 spiro atoms. The van der Waals surface area contributed by atoms with Gasteiger partial charge in [0.25, 0.3) is 5.91 Å². The molecule has 1 saturated heterocycles. The quantitative estimate of drug-likeness (QED) is 0.894. The summed E-state index contributed by atoms with van der Waals surface area (Å²) in [6, 6.07) is 3.73. The van der Waals surface area contributed by atoms with Gasteiger partial charge in [0.1, 0.15) is 0 Å². The van der Waals surface area contributed by atoms with E-state index in [1.165, 1.54) is 11.3 Å². The maximum absolute atomic E-state index is 12.4. The largest absolute Gasteiger partial charge is 0.339 e. The maximum Gasteiger partial charge on any atom is 0.264 e. The van der Waals surface area contributed by atoms with Gasteiger partial charge in [-0.05, 0) is 17.9 Å². The highest BCUT2D eigenvalue weighted by Gasteiger charge is 2.28.